The summed E-state index contributed by atoms with van der Waals surface area (Å²) in [5.41, 5.74) is 6.93. The minimum Gasteiger partial charge on any atom is -0.399 e. The average molecular weight is 300 g/mol. The summed E-state index contributed by atoms with van der Waals surface area (Å²) in [6.45, 7) is 8.12. The number of nitrogen functional groups attached to an aromatic ring is 1. The van der Waals surface area contributed by atoms with Gasteiger partial charge in [-0.15, -0.1) is 12.4 Å². The number of rotatable bonds is 8. The summed E-state index contributed by atoms with van der Waals surface area (Å²) in [5.74, 6) is -0.0343. The second kappa shape index (κ2) is 10.5. The van der Waals surface area contributed by atoms with Crippen molar-refractivity contribution in [3.63, 3.8) is 0 Å². The number of carbonyl (C=O) groups excluding carboxylic acids is 1. The highest BCUT2D eigenvalue weighted by molar-refractivity contribution is 5.94. The normalized spacial score (nSPS) is 10.2. The van der Waals surface area contributed by atoms with Crippen LogP contribution in [0.5, 0.6) is 0 Å². The molecule has 0 aliphatic carbocycles. The van der Waals surface area contributed by atoms with E-state index in [0.717, 1.165) is 32.5 Å². The van der Waals surface area contributed by atoms with Crippen LogP contribution in [0.1, 0.15) is 37.0 Å². The lowest BCUT2D eigenvalue weighted by Crippen LogP contribution is -2.35. The van der Waals surface area contributed by atoms with Crippen LogP contribution in [0.4, 0.5) is 5.69 Å². The first kappa shape index (κ1) is 18.7. The van der Waals surface area contributed by atoms with Crippen LogP contribution < -0.4 is 11.1 Å². The number of carbonyl (C=O) groups is 1. The number of hydrogen-bond acceptors (Lipinski definition) is 3. The minimum atomic E-state index is -0.0343. The molecule has 0 aliphatic heterocycles. The van der Waals surface area contributed by atoms with Crippen molar-refractivity contribution in [1.82, 2.24) is 10.2 Å². The number of nitrogens with two attached hydrogens (primary N) is 1. The van der Waals surface area contributed by atoms with E-state index in [9.17, 15) is 4.79 Å². The van der Waals surface area contributed by atoms with E-state index >= 15 is 0 Å². The Morgan fingerprint density at radius 3 is 2.15 bits per heavy atom. The molecular formula is C15H26ClN3O. The molecule has 0 saturated heterocycles. The quantitative estimate of drug-likeness (QED) is 0.725. The van der Waals surface area contributed by atoms with Gasteiger partial charge in [0.05, 0.1) is 0 Å². The molecule has 1 aromatic rings. The van der Waals surface area contributed by atoms with Crippen molar-refractivity contribution >= 4 is 24.0 Å². The first-order valence-electron chi connectivity index (χ1n) is 7.03. The topological polar surface area (TPSA) is 58.4 Å². The van der Waals surface area contributed by atoms with E-state index in [2.05, 4.69) is 24.1 Å². The van der Waals surface area contributed by atoms with Gasteiger partial charge in [-0.05, 0) is 50.2 Å². The summed E-state index contributed by atoms with van der Waals surface area (Å²) in [7, 11) is 0. The van der Waals surface area contributed by atoms with Crippen LogP contribution in [0, 0.1) is 0 Å². The fourth-order valence-corrected chi connectivity index (χ4v) is 2.03. The Balaban J connectivity index is 0.00000361. The summed E-state index contributed by atoms with van der Waals surface area (Å²) in [5, 5.41) is 2.94. The number of halogens is 1. The molecule has 0 atom stereocenters. The third-order valence-corrected chi connectivity index (χ3v) is 2.97. The molecule has 4 nitrogen and oxygen atoms in total. The highest BCUT2D eigenvalue weighted by Gasteiger charge is 2.06. The van der Waals surface area contributed by atoms with Crippen LogP contribution in [0.15, 0.2) is 24.3 Å². The van der Waals surface area contributed by atoms with Gasteiger partial charge in [-0.1, -0.05) is 13.8 Å². The van der Waals surface area contributed by atoms with Gasteiger partial charge >= 0.3 is 0 Å². The van der Waals surface area contributed by atoms with E-state index in [4.69, 9.17) is 5.73 Å². The first-order valence-corrected chi connectivity index (χ1v) is 7.03. The van der Waals surface area contributed by atoms with Crippen LogP contribution in [-0.2, 0) is 0 Å². The van der Waals surface area contributed by atoms with Crippen LogP contribution in [0.3, 0.4) is 0 Å². The van der Waals surface area contributed by atoms with Crippen LogP contribution >= 0.6 is 12.4 Å². The van der Waals surface area contributed by atoms with Gasteiger partial charge in [0.1, 0.15) is 0 Å². The van der Waals surface area contributed by atoms with Gasteiger partial charge in [-0.25, -0.2) is 0 Å². The molecule has 0 saturated carbocycles. The van der Waals surface area contributed by atoms with Crippen molar-refractivity contribution < 1.29 is 4.79 Å². The van der Waals surface area contributed by atoms with Gasteiger partial charge in [-0.2, -0.15) is 0 Å². The van der Waals surface area contributed by atoms with Crippen molar-refractivity contribution in [3.05, 3.63) is 29.8 Å². The van der Waals surface area contributed by atoms with Crippen LogP contribution in [-0.4, -0.2) is 37.0 Å². The summed E-state index contributed by atoms with van der Waals surface area (Å²) in [6, 6.07) is 6.99. The molecule has 1 aromatic carbocycles. The predicted molar refractivity (Wildman–Crippen MR) is 87.5 cm³/mol. The highest BCUT2D eigenvalue weighted by atomic mass is 35.5. The number of nitrogens with zero attached hydrogens (tertiary/aromatic N) is 1. The first-order chi connectivity index (χ1) is 9.17. The summed E-state index contributed by atoms with van der Waals surface area (Å²) >= 11 is 0. The maximum Gasteiger partial charge on any atom is 0.251 e. The molecular weight excluding hydrogens is 274 g/mol. The molecule has 0 fully saturated rings. The Morgan fingerprint density at radius 1 is 1.10 bits per heavy atom. The fraction of sp³-hybridized carbons (Fsp3) is 0.533. The van der Waals surface area contributed by atoms with Crippen molar-refractivity contribution in [2.24, 2.45) is 0 Å². The second-order valence-corrected chi connectivity index (χ2v) is 4.72. The van der Waals surface area contributed by atoms with Gasteiger partial charge in [-0.3, -0.25) is 4.79 Å². The lowest BCUT2D eigenvalue weighted by Gasteiger charge is -2.20. The Labute approximate surface area is 128 Å². The Morgan fingerprint density at radius 2 is 1.65 bits per heavy atom. The van der Waals surface area contributed by atoms with E-state index in [1.807, 2.05) is 0 Å². The van der Waals surface area contributed by atoms with E-state index < -0.39 is 0 Å². The number of benzene rings is 1. The average Bonchev–Trinajstić information content (AvgIpc) is 2.40. The molecule has 114 valence electrons. The minimum absolute atomic E-state index is 0. The molecule has 0 unspecified atom stereocenters. The zero-order valence-corrected chi connectivity index (χ0v) is 13.2. The smallest absolute Gasteiger partial charge is 0.251 e. The van der Waals surface area contributed by atoms with E-state index in [1.165, 1.54) is 0 Å². The maximum absolute atomic E-state index is 11.9. The zero-order chi connectivity index (χ0) is 14.1. The predicted octanol–water partition coefficient (Wildman–Crippen LogP) is 2.54. The number of anilines is 1. The van der Waals surface area contributed by atoms with Crippen molar-refractivity contribution in [2.75, 3.05) is 31.9 Å². The van der Waals surface area contributed by atoms with E-state index in [1.54, 1.807) is 24.3 Å². The molecule has 1 rings (SSSR count). The molecule has 1 amide bonds. The Kier molecular flexibility index (Phi) is 9.86. The Bertz CT molecular complexity index is 375. The largest absolute Gasteiger partial charge is 0.399 e. The molecule has 0 spiro atoms. The number of amides is 1. The van der Waals surface area contributed by atoms with Gasteiger partial charge in [0.2, 0.25) is 0 Å². The number of hydrogen-bond donors (Lipinski definition) is 2. The molecule has 0 bridgehead atoms. The molecule has 3 N–H and O–H groups in total. The summed E-state index contributed by atoms with van der Waals surface area (Å²) in [4.78, 5) is 14.3. The fourth-order valence-electron chi connectivity index (χ4n) is 2.03. The lowest BCUT2D eigenvalue weighted by atomic mass is 10.2. The van der Waals surface area contributed by atoms with E-state index in [0.29, 0.717) is 17.8 Å². The standard InChI is InChI=1S/C15H25N3O.ClH/c1-3-10-18(11-4-2)12-9-17-15(19)13-5-7-14(16)8-6-13;/h5-8H,3-4,9-12,16H2,1-2H3,(H,17,19);1H. The summed E-state index contributed by atoms with van der Waals surface area (Å²) in [6.07, 6.45) is 2.29. The maximum atomic E-state index is 11.9. The lowest BCUT2D eigenvalue weighted by molar-refractivity contribution is 0.0948. The van der Waals surface area contributed by atoms with Crippen LogP contribution in [0.2, 0.25) is 0 Å². The van der Waals surface area contributed by atoms with E-state index in [-0.39, 0.29) is 18.3 Å². The SMILES string of the molecule is CCCN(CCC)CCNC(=O)c1ccc(N)cc1.Cl. The zero-order valence-electron chi connectivity index (χ0n) is 12.4. The monoisotopic (exact) mass is 299 g/mol. The molecule has 20 heavy (non-hydrogen) atoms. The van der Waals surface area contributed by atoms with Gasteiger partial charge in [0.15, 0.2) is 0 Å². The molecule has 0 heterocycles. The molecule has 0 aromatic heterocycles. The summed E-state index contributed by atoms with van der Waals surface area (Å²) < 4.78 is 0. The highest BCUT2D eigenvalue weighted by Crippen LogP contribution is 2.04. The van der Waals surface area contributed by atoms with Crippen molar-refractivity contribution in [1.29, 1.82) is 0 Å². The van der Waals surface area contributed by atoms with Gasteiger partial charge in [0.25, 0.3) is 5.91 Å². The second-order valence-electron chi connectivity index (χ2n) is 4.72. The Hall–Kier alpha value is -1.26. The van der Waals surface area contributed by atoms with Crippen molar-refractivity contribution in [3.8, 4) is 0 Å². The number of nitrogens with one attached hydrogen (secondary N) is 1. The van der Waals surface area contributed by atoms with Crippen molar-refractivity contribution in [2.45, 2.75) is 26.7 Å². The van der Waals surface area contributed by atoms with Gasteiger partial charge in [0, 0.05) is 24.3 Å². The third kappa shape index (κ3) is 6.78. The molecule has 0 radical (unpaired) electrons. The van der Waals surface area contributed by atoms with Crippen LogP contribution in [0.25, 0.3) is 0 Å². The molecule has 0 aliphatic rings. The third-order valence-electron chi connectivity index (χ3n) is 2.97. The van der Waals surface area contributed by atoms with Gasteiger partial charge < -0.3 is 16.0 Å². The molecule has 5 heteroatoms.